The lowest BCUT2D eigenvalue weighted by atomic mass is 10.1. The second kappa shape index (κ2) is 6.34. The number of ketones is 2. The predicted molar refractivity (Wildman–Crippen MR) is 46.2 cm³/mol. The summed E-state index contributed by atoms with van der Waals surface area (Å²) in [4.78, 5) is 32.5. The molecule has 0 fully saturated rings. The molecule has 0 aromatic carbocycles. The van der Waals surface area contributed by atoms with Gasteiger partial charge in [0.1, 0.15) is 5.78 Å². The van der Waals surface area contributed by atoms with E-state index in [0.717, 1.165) is 20.0 Å². The number of rotatable bonds is 6. The molecule has 0 heterocycles. The van der Waals surface area contributed by atoms with E-state index in [9.17, 15) is 14.4 Å². The molecule has 0 aliphatic rings. The molecule has 0 radical (unpaired) electrons. The molecule has 0 aromatic heterocycles. The van der Waals surface area contributed by atoms with Crippen LogP contribution in [0.2, 0.25) is 0 Å². The number of hydrogen-bond acceptors (Lipinski definition) is 4. The highest BCUT2D eigenvalue weighted by molar-refractivity contribution is 6.37. The number of ether oxygens (including phenoxy) is 1. The molecule has 0 aromatic rings. The molecule has 0 rings (SSSR count). The van der Waals surface area contributed by atoms with Crippen molar-refractivity contribution in [3.05, 3.63) is 0 Å². The first-order chi connectivity index (χ1) is 6.11. The summed E-state index contributed by atoms with van der Waals surface area (Å²) in [6.45, 7) is 1.95. The third kappa shape index (κ3) is 5.11. The molecule has 0 spiro atoms. The Morgan fingerprint density at radius 1 is 1.23 bits per heavy atom. The Kier molecular flexibility index (Phi) is 5.76. The van der Waals surface area contributed by atoms with Gasteiger partial charge in [0.05, 0.1) is 13.5 Å². The quantitative estimate of drug-likeness (QED) is 0.351. The lowest BCUT2D eigenvalue weighted by Gasteiger charge is -1.97. The summed E-state index contributed by atoms with van der Waals surface area (Å²) in [5.74, 6) is -1.90. The van der Waals surface area contributed by atoms with Crippen LogP contribution in [0.3, 0.4) is 0 Å². The fraction of sp³-hybridized carbons (Fsp3) is 0.667. The minimum Gasteiger partial charge on any atom is -0.463 e. The molecule has 0 bridgehead atoms. The van der Waals surface area contributed by atoms with Crippen LogP contribution in [-0.2, 0) is 19.1 Å². The zero-order chi connectivity index (χ0) is 10.3. The van der Waals surface area contributed by atoms with Crippen molar-refractivity contribution in [3.63, 3.8) is 0 Å². The molecule has 0 amide bonds. The van der Waals surface area contributed by atoms with Crippen LogP contribution in [0, 0.1) is 0 Å². The number of hydrogen-bond donors (Lipinski definition) is 0. The zero-order valence-corrected chi connectivity index (χ0v) is 7.96. The first-order valence-electron chi connectivity index (χ1n) is 4.24. The molecule has 4 heteroatoms. The van der Waals surface area contributed by atoms with Gasteiger partial charge in [-0.3, -0.25) is 9.59 Å². The second-order valence-electron chi connectivity index (χ2n) is 2.73. The van der Waals surface area contributed by atoms with Crippen LogP contribution in [0.5, 0.6) is 0 Å². The molecule has 0 saturated heterocycles. The Balaban J connectivity index is 3.78. The normalized spacial score (nSPS) is 9.38. The van der Waals surface area contributed by atoms with Crippen LogP contribution in [0.25, 0.3) is 0 Å². The van der Waals surface area contributed by atoms with Gasteiger partial charge in [0, 0.05) is 6.42 Å². The number of carbonyl (C=O) groups excluding carboxylic acids is 3. The van der Waals surface area contributed by atoms with E-state index in [-0.39, 0.29) is 12.2 Å². The standard InChI is InChI=1S/C9H14O4/c1-3-4-5-7(10)6-8(11)9(12)13-2/h3-6H2,1-2H3. The number of methoxy groups -OCH3 is 1. The van der Waals surface area contributed by atoms with Crippen molar-refractivity contribution in [2.24, 2.45) is 0 Å². The van der Waals surface area contributed by atoms with Crippen molar-refractivity contribution < 1.29 is 19.1 Å². The average Bonchev–Trinajstić information content (AvgIpc) is 2.13. The smallest absolute Gasteiger partial charge is 0.374 e. The summed E-state index contributed by atoms with van der Waals surface area (Å²) in [5, 5.41) is 0. The Hall–Kier alpha value is -1.19. The number of Topliss-reactive ketones (excluding diaryl/α,β-unsaturated/α-hetero) is 2. The van der Waals surface area contributed by atoms with Gasteiger partial charge in [-0.05, 0) is 6.42 Å². The molecule has 0 saturated carbocycles. The minimum absolute atomic E-state index is 0.197. The van der Waals surface area contributed by atoms with E-state index in [1.165, 1.54) is 0 Å². The van der Waals surface area contributed by atoms with Crippen molar-refractivity contribution in [3.8, 4) is 0 Å². The summed E-state index contributed by atoms with van der Waals surface area (Å²) in [6.07, 6.45) is 1.69. The Morgan fingerprint density at radius 3 is 2.31 bits per heavy atom. The lowest BCUT2D eigenvalue weighted by Crippen LogP contribution is -2.19. The van der Waals surface area contributed by atoms with E-state index in [1.54, 1.807) is 0 Å². The van der Waals surface area contributed by atoms with Gasteiger partial charge in [-0.1, -0.05) is 13.3 Å². The molecular weight excluding hydrogens is 172 g/mol. The molecular formula is C9H14O4. The molecule has 0 N–H and O–H groups in total. The largest absolute Gasteiger partial charge is 0.463 e. The summed E-state index contributed by atoms with van der Waals surface area (Å²) >= 11 is 0. The Morgan fingerprint density at radius 2 is 1.85 bits per heavy atom. The SMILES string of the molecule is CCCCC(=O)CC(=O)C(=O)OC. The molecule has 74 valence electrons. The van der Waals surface area contributed by atoms with Crippen molar-refractivity contribution in [2.75, 3.05) is 7.11 Å². The minimum atomic E-state index is -0.940. The summed E-state index contributed by atoms with van der Waals surface area (Å²) < 4.78 is 4.18. The topological polar surface area (TPSA) is 60.4 Å². The Labute approximate surface area is 77.3 Å². The molecule has 0 aliphatic carbocycles. The third-order valence-electron chi connectivity index (χ3n) is 1.58. The van der Waals surface area contributed by atoms with Gasteiger partial charge in [0.25, 0.3) is 0 Å². The fourth-order valence-corrected chi connectivity index (χ4v) is 0.827. The highest BCUT2D eigenvalue weighted by Gasteiger charge is 2.17. The van der Waals surface area contributed by atoms with Gasteiger partial charge >= 0.3 is 5.97 Å². The summed E-state index contributed by atoms with van der Waals surface area (Å²) in [5.41, 5.74) is 0. The number of esters is 1. The van der Waals surface area contributed by atoms with Crippen LogP contribution in [0.4, 0.5) is 0 Å². The maximum atomic E-state index is 11.0. The van der Waals surface area contributed by atoms with E-state index < -0.39 is 11.8 Å². The monoisotopic (exact) mass is 186 g/mol. The molecule has 0 atom stereocenters. The lowest BCUT2D eigenvalue weighted by molar-refractivity contribution is -0.152. The molecule has 0 aliphatic heterocycles. The maximum absolute atomic E-state index is 11.0. The van der Waals surface area contributed by atoms with E-state index in [1.807, 2.05) is 6.92 Å². The number of carbonyl (C=O) groups is 3. The van der Waals surface area contributed by atoms with Crippen LogP contribution < -0.4 is 0 Å². The third-order valence-corrected chi connectivity index (χ3v) is 1.58. The van der Waals surface area contributed by atoms with E-state index in [2.05, 4.69) is 4.74 Å². The van der Waals surface area contributed by atoms with Gasteiger partial charge in [0.15, 0.2) is 0 Å². The first kappa shape index (κ1) is 11.8. The first-order valence-corrected chi connectivity index (χ1v) is 4.24. The Bertz CT molecular complexity index is 208. The van der Waals surface area contributed by atoms with E-state index in [4.69, 9.17) is 0 Å². The summed E-state index contributed by atoms with van der Waals surface area (Å²) in [7, 11) is 1.12. The highest BCUT2D eigenvalue weighted by Crippen LogP contribution is 1.99. The van der Waals surface area contributed by atoms with Crippen LogP contribution in [0.1, 0.15) is 32.6 Å². The highest BCUT2D eigenvalue weighted by atomic mass is 16.5. The average molecular weight is 186 g/mol. The van der Waals surface area contributed by atoms with Gasteiger partial charge in [0.2, 0.25) is 5.78 Å². The fourth-order valence-electron chi connectivity index (χ4n) is 0.827. The second-order valence-corrected chi connectivity index (χ2v) is 2.73. The van der Waals surface area contributed by atoms with Crippen molar-refractivity contribution >= 4 is 17.5 Å². The van der Waals surface area contributed by atoms with Gasteiger partial charge in [-0.15, -0.1) is 0 Å². The van der Waals surface area contributed by atoms with Crippen molar-refractivity contribution in [1.82, 2.24) is 0 Å². The molecule has 13 heavy (non-hydrogen) atoms. The van der Waals surface area contributed by atoms with Crippen molar-refractivity contribution in [2.45, 2.75) is 32.6 Å². The van der Waals surface area contributed by atoms with Gasteiger partial charge in [-0.25, -0.2) is 4.79 Å². The van der Waals surface area contributed by atoms with E-state index >= 15 is 0 Å². The van der Waals surface area contributed by atoms with Crippen LogP contribution in [0.15, 0.2) is 0 Å². The predicted octanol–water partition coefficient (Wildman–Crippen LogP) is 0.878. The van der Waals surface area contributed by atoms with Crippen LogP contribution in [-0.4, -0.2) is 24.6 Å². The van der Waals surface area contributed by atoms with E-state index in [0.29, 0.717) is 6.42 Å². The summed E-state index contributed by atoms with van der Waals surface area (Å²) in [6, 6.07) is 0. The zero-order valence-electron chi connectivity index (χ0n) is 7.96. The number of unbranched alkanes of at least 4 members (excludes halogenated alkanes) is 1. The maximum Gasteiger partial charge on any atom is 0.374 e. The van der Waals surface area contributed by atoms with Gasteiger partial charge in [-0.2, -0.15) is 0 Å². The molecule has 0 unspecified atom stereocenters. The molecule has 4 nitrogen and oxygen atoms in total. The van der Waals surface area contributed by atoms with Gasteiger partial charge < -0.3 is 4.74 Å². The van der Waals surface area contributed by atoms with Crippen molar-refractivity contribution in [1.29, 1.82) is 0 Å². The van der Waals surface area contributed by atoms with Crippen LogP contribution >= 0.6 is 0 Å².